The first kappa shape index (κ1) is 17.2. The molecule has 1 heterocycles. The van der Waals surface area contributed by atoms with E-state index < -0.39 is 10.0 Å². The molecule has 0 spiro atoms. The Hall–Kier alpha value is -1.11. The van der Waals surface area contributed by atoms with E-state index in [0.717, 1.165) is 18.8 Å². The summed E-state index contributed by atoms with van der Waals surface area (Å²) in [6.07, 6.45) is 2.45. The van der Waals surface area contributed by atoms with Gasteiger partial charge in [0.1, 0.15) is 6.04 Å². The van der Waals surface area contributed by atoms with E-state index in [9.17, 15) is 8.42 Å². The van der Waals surface area contributed by atoms with E-state index in [1.807, 2.05) is 14.1 Å². The van der Waals surface area contributed by atoms with Crippen molar-refractivity contribution < 1.29 is 13.3 Å². The second-order valence-electron chi connectivity index (χ2n) is 6.16. The van der Waals surface area contributed by atoms with Gasteiger partial charge in [0.25, 0.3) is 0 Å². The zero-order chi connectivity index (χ0) is 16.2. The molecule has 5 nitrogen and oxygen atoms in total. The Balaban J connectivity index is 2.16. The van der Waals surface area contributed by atoms with Gasteiger partial charge < -0.3 is 9.80 Å². The zero-order valence-electron chi connectivity index (χ0n) is 13.8. The number of rotatable bonds is 7. The molecule has 1 atom stereocenters. The Morgan fingerprint density at radius 1 is 1.18 bits per heavy atom. The molecular formula is C16H28N3O2S+. The lowest BCUT2D eigenvalue weighted by Crippen LogP contribution is -3.11. The van der Waals surface area contributed by atoms with Crippen molar-refractivity contribution in [2.45, 2.75) is 25.8 Å². The molecule has 0 radical (unpaired) electrons. The van der Waals surface area contributed by atoms with Crippen LogP contribution in [0.15, 0.2) is 24.3 Å². The smallest absolute Gasteiger partial charge is 0.211 e. The second kappa shape index (κ2) is 7.44. The van der Waals surface area contributed by atoms with E-state index >= 15 is 0 Å². The quantitative estimate of drug-likeness (QED) is 0.763. The van der Waals surface area contributed by atoms with E-state index in [1.54, 1.807) is 6.92 Å². The first-order chi connectivity index (χ1) is 10.4. The van der Waals surface area contributed by atoms with Gasteiger partial charge in [-0.15, -0.1) is 0 Å². The number of anilines is 1. The number of likely N-dealkylation sites (tertiary alicyclic amines) is 1. The summed E-state index contributed by atoms with van der Waals surface area (Å²) in [5, 5.41) is 0. The molecule has 0 amide bonds. The summed E-state index contributed by atoms with van der Waals surface area (Å²) in [5.41, 5.74) is 2.37. The van der Waals surface area contributed by atoms with Crippen LogP contribution in [-0.2, 0) is 10.0 Å². The Labute approximate surface area is 134 Å². The van der Waals surface area contributed by atoms with E-state index in [0.29, 0.717) is 6.54 Å². The van der Waals surface area contributed by atoms with Crippen molar-refractivity contribution in [2.24, 2.45) is 0 Å². The summed E-state index contributed by atoms with van der Waals surface area (Å²) in [4.78, 5) is 3.55. The molecule has 1 saturated heterocycles. The lowest BCUT2D eigenvalue weighted by molar-refractivity contribution is -0.918. The van der Waals surface area contributed by atoms with Crippen LogP contribution in [0.1, 0.15) is 31.4 Å². The SMILES string of the molecule is CCS(=O)(=O)NC[C@H](c1ccc(N(C)C)cc1)[NH+]1CCCC1. The largest absolute Gasteiger partial charge is 0.378 e. The van der Waals surface area contributed by atoms with Crippen LogP contribution in [0.2, 0.25) is 0 Å². The minimum atomic E-state index is -3.15. The van der Waals surface area contributed by atoms with Crippen LogP contribution in [0.3, 0.4) is 0 Å². The Bertz CT molecular complexity index is 564. The molecule has 124 valence electrons. The first-order valence-corrected chi connectivity index (χ1v) is 9.67. The maximum absolute atomic E-state index is 11.8. The summed E-state index contributed by atoms with van der Waals surface area (Å²) in [5.74, 6) is 0.134. The van der Waals surface area contributed by atoms with Crippen molar-refractivity contribution in [3.63, 3.8) is 0 Å². The molecule has 0 aliphatic carbocycles. The van der Waals surface area contributed by atoms with Crippen molar-refractivity contribution in [3.05, 3.63) is 29.8 Å². The average molecular weight is 326 g/mol. The van der Waals surface area contributed by atoms with Crippen LogP contribution in [0.4, 0.5) is 5.69 Å². The number of quaternary nitrogens is 1. The third-order valence-electron chi connectivity index (χ3n) is 4.44. The molecule has 0 saturated carbocycles. The van der Waals surface area contributed by atoms with Gasteiger partial charge in [-0.3, -0.25) is 0 Å². The second-order valence-corrected chi connectivity index (χ2v) is 8.25. The van der Waals surface area contributed by atoms with Gasteiger partial charge in [-0.2, -0.15) is 0 Å². The van der Waals surface area contributed by atoms with Crippen LogP contribution < -0.4 is 14.5 Å². The third kappa shape index (κ3) is 4.44. The summed E-state index contributed by atoms with van der Waals surface area (Å²) in [7, 11) is 0.898. The molecule has 22 heavy (non-hydrogen) atoms. The monoisotopic (exact) mass is 326 g/mol. The summed E-state index contributed by atoms with van der Waals surface area (Å²) in [6.45, 7) is 4.39. The number of hydrogen-bond acceptors (Lipinski definition) is 3. The zero-order valence-corrected chi connectivity index (χ0v) is 14.6. The van der Waals surface area contributed by atoms with Crippen molar-refractivity contribution >= 4 is 15.7 Å². The summed E-state index contributed by atoms with van der Waals surface area (Å²) in [6, 6.07) is 8.66. The molecule has 6 heteroatoms. The molecule has 1 fully saturated rings. The lowest BCUT2D eigenvalue weighted by Gasteiger charge is -2.25. The maximum atomic E-state index is 11.8. The number of benzene rings is 1. The standard InChI is InChI=1S/C16H27N3O2S/c1-4-22(20,21)17-13-16(19-11-5-6-12-19)14-7-9-15(10-8-14)18(2)3/h7-10,16-17H,4-6,11-13H2,1-3H3/p+1/t16-/m1/s1. The molecule has 1 aliphatic heterocycles. The maximum Gasteiger partial charge on any atom is 0.211 e. The van der Waals surface area contributed by atoms with Gasteiger partial charge in [0.2, 0.25) is 10.0 Å². The molecule has 0 unspecified atom stereocenters. The molecular weight excluding hydrogens is 298 g/mol. The first-order valence-electron chi connectivity index (χ1n) is 8.02. The molecule has 0 aromatic heterocycles. The van der Waals surface area contributed by atoms with Gasteiger partial charge in [0.05, 0.1) is 25.4 Å². The third-order valence-corrected chi connectivity index (χ3v) is 5.80. The molecule has 2 N–H and O–H groups in total. The predicted octanol–water partition coefficient (Wildman–Crippen LogP) is 0.412. The number of nitrogens with zero attached hydrogens (tertiary/aromatic N) is 1. The van der Waals surface area contributed by atoms with Crippen LogP contribution in [0.5, 0.6) is 0 Å². The Morgan fingerprint density at radius 2 is 1.77 bits per heavy atom. The van der Waals surface area contributed by atoms with Gasteiger partial charge in [0.15, 0.2) is 0 Å². The highest BCUT2D eigenvalue weighted by Gasteiger charge is 2.28. The minimum absolute atomic E-state index is 0.134. The van der Waals surface area contributed by atoms with Crippen molar-refractivity contribution in [1.82, 2.24) is 4.72 Å². The van der Waals surface area contributed by atoms with Gasteiger partial charge in [-0.1, -0.05) is 12.1 Å². The van der Waals surface area contributed by atoms with Gasteiger partial charge in [-0.25, -0.2) is 13.1 Å². The van der Waals surface area contributed by atoms with Gasteiger partial charge in [0, 0.05) is 38.2 Å². The van der Waals surface area contributed by atoms with E-state index in [-0.39, 0.29) is 11.8 Å². The van der Waals surface area contributed by atoms with Crippen LogP contribution in [0.25, 0.3) is 0 Å². The number of nitrogens with one attached hydrogen (secondary N) is 2. The molecule has 2 rings (SSSR count). The van der Waals surface area contributed by atoms with Crippen LogP contribution >= 0.6 is 0 Å². The highest BCUT2D eigenvalue weighted by Crippen LogP contribution is 2.17. The lowest BCUT2D eigenvalue weighted by atomic mass is 10.1. The summed E-state index contributed by atoms with van der Waals surface area (Å²) < 4.78 is 26.3. The highest BCUT2D eigenvalue weighted by molar-refractivity contribution is 7.89. The molecule has 1 aromatic carbocycles. The van der Waals surface area contributed by atoms with E-state index in [4.69, 9.17) is 0 Å². The fraction of sp³-hybridized carbons (Fsp3) is 0.625. The molecule has 1 aromatic rings. The van der Waals surface area contributed by atoms with Gasteiger partial charge in [-0.05, 0) is 19.1 Å². The normalized spacial score (nSPS) is 17.6. The fourth-order valence-corrected chi connectivity index (χ4v) is 3.62. The van der Waals surface area contributed by atoms with Crippen molar-refractivity contribution in [3.8, 4) is 0 Å². The van der Waals surface area contributed by atoms with Crippen LogP contribution in [-0.4, -0.2) is 47.9 Å². The Morgan fingerprint density at radius 3 is 2.27 bits per heavy atom. The topological polar surface area (TPSA) is 53.9 Å². The summed E-state index contributed by atoms with van der Waals surface area (Å²) >= 11 is 0. The van der Waals surface area contributed by atoms with Crippen molar-refractivity contribution in [1.29, 1.82) is 0 Å². The van der Waals surface area contributed by atoms with Gasteiger partial charge >= 0.3 is 0 Å². The molecule has 1 aliphatic rings. The molecule has 0 bridgehead atoms. The van der Waals surface area contributed by atoms with Crippen LogP contribution in [0, 0.1) is 0 Å². The van der Waals surface area contributed by atoms with E-state index in [1.165, 1.54) is 23.3 Å². The minimum Gasteiger partial charge on any atom is -0.378 e. The average Bonchev–Trinajstić information content (AvgIpc) is 3.02. The highest BCUT2D eigenvalue weighted by atomic mass is 32.2. The number of sulfonamides is 1. The predicted molar refractivity (Wildman–Crippen MR) is 90.9 cm³/mol. The van der Waals surface area contributed by atoms with Crippen molar-refractivity contribution in [2.75, 3.05) is 44.4 Å². The Kier molecular flexibility index (Phi) is 5.83. The fourth-order valence-electron chi connectivity index (χ4n) is 2.99. The van der Waals surface area contributed by atoms with E-state index in [2.05, 4.69) is 33.9 Å². The number of hydrogen-bond donors (Lipinski definition) is 2.